The Hall–Kier alpha value is -0.570. The monoisotopic (exact) mass is 244 g/mol. The number of carbonyl (C=O) groups excluding carboxylic acids is 1. The highest BCUT2D eigenvalue weighted by Crippen LogP contribution is 2.14. The van der Waals surface area contributed by atoms with Crippen molar-refractivity contribution in [2.45, 2.75) is 53.4 Å². The first-order chi connectivity index (χ1) is 8.11. The van der Waals surface area contributed by atoms with Crippen LogP contribution in [0.5, 0.6) is 0 Å². The Morgan fingerprint density at radius 3 is 2.41 bits per heavy atom. The van der Waals surface area contributed by atoms with Gasteiger partial charge in [0.2, 0.25) is 0 Å². The van der Waals surface area contributed by atoms with E-state index in [1.54, 1.807) is 0 Å². The van der Waals surface area contributed by atoms with Gasteiger partial charge in [0, 0.05) is 6.61 Å². The molecule has 0 rings (SSSR count). The third-order valence-corrected chi connectivity index (χ3v) is 2.69. The fourth-order valence-electron chi connectivity index (χ4n) is 1.50. The average Bonchev–Trinajstić information content (AvgIpc) is 2.29. The van der Waals surface area contributed by atoms with Crippen molar-refractivity contribution in [3.8, 4) is 0 Å². The Kier molecular flexibility index (Phi) is 10.2. The predicted octanol–water partition coefficient (Wildman–Crippen LogP) is 3.42. The van der Waals surface area contributed by atoms with Crippen LogP contribution in [0.2, 0.25) is 0 Å². The van der Waals surface area contributed by atoms with Crippen LogP contribution in [-0.2, 0) is 14.3 Å². The summed E-state index contributed by atoms with van der Waals surface area (Å²) in [6.07, 6.45) is 3.90. The molecule has 1 atom stereocenters. The van der Waals surface area contributed by atoms with Crippen molar-refractivity contribution in [3.05, 3.63) is 0 Å². The Balaban J connectivity index is 4.00. The van der Waals surface area contributed by atoms with Crippen LogP contribution in [0.15, 0.2) is 0 Å². The predicted molar refractivity (Wildman–Crippen MR) is 69.9 cm³/mol. The van der Waals surface area contributed by atoms with E-state index in [0.29, 0.717) is 25.7 Å². The van der Waals surface area contributed by atoms with E-state index >= 15 is 0 Å². The van der Waals surface area contributed by atoms with Crippen molar-refractivity contribution in [3.63, 3.8) is 0 Å². The highest BCUT2D eigenvalue weighted by molar-refractivity contribution is 5.72. The molecule has 0 fully saturated rings. The Labute approximate surface area is 106 Å². The lowest BCUT2D eigenvalue weighted by atomic mass is 9.98. The molecule has 0 aromatic heterocycles. The quantitative estimate of drug-likeness (QED) is 0.436. The van der Waals surface area contributed by atoms with Gasteiger partial charge in [-0.25, -0.2) is 0 Å². The minimum absolute atomic E-state index is 0.0887. The smallest absolute Gasteiger partial charge is 0.311 e. The maximum atomic E-state index is 11.8. The molecule has 0 aliphatic carbocycles. The van der Waals surface area contributed by atoms with Gasteiger partial charge in [-0.15, -0.1) is 0 Å². The van der Waals surface area contributed by atoms with E-state index in [9.17, 15) is 4.79 Å². The molecule has 1 unspecified atom stereocenters. The van der Waals surface area contributed by atoms with Crippen molar-refractivity contribution in [2.75, 3.05) is 19.8 Å². The summed E-state index contributed by atoms with van der Waals surface area (Å²) in [4.78, 5) is 11.8. The van der Waals surface area contributed by atoms with E-state index in [-0.39, 0.29) is 11.9 Å². The van der Waals surface area contributed by atoms with Crippen LogP contribution in [0, 0.1) is 11.8 Å². The third kappa shape index (κ3) is 9.16. The zero-order valence-corrected chi connectivity index (χ0v) is 11.8. The fraction of sp³-hybridized carbons (Fsp3) is 0.929. The summed E-state index contributed by atoms with van der Waals surface area (Å²) < 4.78 is 10.6. The van der Waals surface area contributed by atoms with Crippen LogP contribution in [0.4, 0.5) is 0 Å². The van der Waals surface area contributed by atoms with Gasteiger partial charge in [-0.3, -0.25) is 4.79 Å². The molecule has 0 saturated heterocycles. The van der Waals surface area contributed by atoms with Gasteiger partial charge in [0.25, 0.3) is 0 Å². The van der Waals surface area contributed by atoms with Crippen LogP contribution in [0.25, 0.3) is 0 Å². The first kappa shape index (κ1) is 16.4. The number of unbranched alkanes of at least 4 members (excludes halogenated alkanes) is 1. The molecular formula is C14H28O3. The van der Waals surface area contributed by atoms with Crippen LogP contribution in [-0.4, -0.2) is 25.8 Å². The summed E-state index contributed by atoms with van der Waals surface area (Å²) >= 11 is 0. The Morgan fingerprint density at radius 1 is 1.18 bits per heavy atom. The van der Waals surface area contributed by atoms with Gasteiger partial charge in [-0.2, -0.15) is 0 Å². The highest BCUT2D eigenvalue weighted by Gasteiger charge is 2.20. The lowest BCUT2D eigenvalue weighted by molar-refractivity contribution is -0.151. The molecule has 17 heavy (non-hydrogen) atoms. The van der Waals surface area contributed by atoms with E-state index in [2.05, 4.69) is 20.8 Å². The fourth-order valence-corrected chi connectivity index (χ4v) is 1.50. The molecule has 0 aliphatic heterocycles. The highest BCUT2D eigenvalue weighted by atomic mass is 16.5. The molecule has 0 heterocycles. The number of carbonyl (C=O) groups is 1. The van der Waals surface area contributed by atoms with Gasteiger partial charge in [-0.05, 0) is 25.7 Å². The molecule has 0 saturated carbocycles. The topological polar surface area (TPSA) is 35.5 Å². The van der Waals surface area contributed by atoms with Crippen molar-refractivity contribution in [1.29, 1.82) is 0 Å². The average molecular weight is 244 g/mol. The molecule has 0 aliphatic rings. The van der Waals surface area contributed by atoms with Gasteiger partial charge in [0.1, 0.15) is 0 Å². The van der Waals surface area contributed by atoms with E-state index in [1.165, 1.54) is 0 Å². The van der Waals surface area contributed by atoms with Gasteiger partial charge >= 0.3 is 5.97 Å². The third-order valence-electron chi connectivity index (χ3n) is 2.69. The van der Waals surface area contributed by atoms with Crippen LogP contribution in [0.3, 0.4) is 0 Å². The Morgan fingerprint density at radius 2 is 1.88 bits per heavy atom. The van der Waals surface area contributed by atoms with E-state index < -0.39 is 0 Å². The van der Waals surface area contributed by atoms with E-state index in [4.69, 9.17) is 9.47 Å². The van der Waals surface area contributed by atoms with Gasteiger partial charge < -0.3 is 9.47 Å². The molecule has 0 bridgehead atoms. The lowest BCUT2D eigenvalue weighted by Crippen LogP contribution is -2.23. The molecule has 0 aromatic rings. The minimum Gasteiger partial charge on any atom is -0.465 e. The molecule has 102 valence electrons. The summed E-state index contributed by atoms with van der Waals surface area (Å²) in [6.45, 7) is 10.1. The summed E-state index contributed by atoms with van der Waals surface area (Å²) in [7, 11) is 0. The van der Waals surface area contributed by atoms with Crippen LogP contribution >= 0.6 is 0 Å². The molecule has 0 radical (unpaired) electrons. The SMILES string of the molecule is CCCCOC(=O)C(CCC(C)C)COCC. The second kappa shape index (κ2) is 10.6. The van der Waals surface area contributed by atoms with E-state index in [0.717, 1.165) is 25.7 Å². The van der Waals surface area contributed by atoms with Crippen molar-refractivity contribution < 1.29 is 14.3 Å². The maximum Gasteiger partial charge on any atom is 0.311 e. The van der Waals surface area contributed by atoms with Crippen LogP contribution in [0.1, 0.15) is 53.4 Å². The number of rotatable bonds is 10. The summed E-state index contributed by atoms with van der Waals surface area (Å²) in [5.74, 6) is 0.435. The summed E-state index contributed by atoms with van der Waals surface area (Å²) in [5, 5.41) is 0. The van der Waals surface area contributed by atoms with Crippen molar-refractivity contribution in [1.82, 2.24) is 0 Å². The van der Waals surface area contributed by atoms with Crippen molar-refractivity contribution in [2.24, 2.45) is 11.8 Å². The number of esters is 1. The second-order valence-electron chi connectivity index (χ2n) is 4.85. The molecule has 0 N–H and O–H groups in total. The summed E-state index contributed by atoms with van der Waals surface area (Å²) in [5.41, 5.74) is 0. The molecule has 0 aromatic carbocycles. The largest absolute Gasteiger partial charge is 0.465 e. The number of hydrogen-bond donors (Lipinski definition) is 0. The molecular weight excluding hydrogens is 216 g/mol. The van der Waals surface area contributed by atoms with E-state index in [1.807, 2.05) is 6.92 Å². The van der Waals surface area contributed by atoms with Gasteiger partial charge in [-0.1, -0.05) is 33.6 Å². The van der Waals surface area contributed by atoms with Gasteiger partial charge in [0.05, 0.1) is 19.1 Å². The normalized spacial score (nSPS) is 12.8. The second-order valence-corrected chi connectivity index (χ2v) is 4.85. The molecule has 0 spiro atoms. The zero-order valence-electron chi connectivity index (χ0n) is 11.8. The molecule has 3 heteroatoms. The first-order valence-electron chi connectivity index (χ1n) is 6.86. The maximum absolute atomic E-state index is 11.8. The van der Waals surface area contributed by atoms with Crippen molar-refractivity contribution >= 4 is 5.97 Å². The lowest BCUT2D eigenvalue weighted by Gasteiger charge is -2.16. The molecule has 0 amide bonds. The standard InChI is InChI=1S/C14H28O3/c1-5-7-10-17-14(15)13(11-16-6-2)9-8-12(3)4/h12-13H,5-11H2,1-4H3. The van der Waals surface area contributed by atoms with Crippen LogP contribution < -0.4 is 0 Å². The minimum atomic E-state index is -0.0902. The zero-order chi connectivity index (χ0) is 13.1. The molecule has 3 nitrogen and oxygen atoms in total. The van der Waals surface area contributed by atoms with Gasteiger partial charge in [0.15, 0.2) is 0 Å². The number of hydrogen-bond acceptors (Lipinski definition) is 3. The summed E-state index contributed by atoms with van der Waals surface area (Å²) in [6, 6.07) is 0. The first-order valence-corrected chi connectivity index (χ1v) is 6.86. The Bertz CT molecular complexity index is 190. The number of ether oxygens (including phenoxy) is 2.